The van der Waals surface area contributed by atoms with Gasteiger partial charge in [-0.15, -0.1) is 11.8 Å². The van der Waals surface area contributed by atoms with E-state index in [-0.39, 0.29) is 23.0 Å². The third-order valence-electron chi connectivity index (χ3n) is 8.47. The molecule has 44 heavy (non-hydrogen) atoms. The molecule has 0 saturated heterocycles. The molecule has 218 valence electrons. The number of fused-ring (bicyclic) bond motifs is 2. The zero-order chi connectivity index (χ0) is 30.4. The lowest BCUT2D eigenvalue weighted by Gasteiger charge is -2.39. The number of nitrogens with one attached hydrogen (secondary N) is 1. The Bertz CT molecular complexity index is 1860. The van der Waals surface area contributed by atoms with E-state index in [1.807, 2.05) is 97.1 Å². The first-order chi connectivity index (χ1) is 21.3. The highest BCUT2D eigenvalue weighted by Gasteiger charge is 2.46. The number of hydrogen-bond acceptors (Lipinski definition) is 6. The van der Waals surface area contributed by atoms with Crippen LogP contribution in [0.3, 0.4) is 0 Å². The molecule has 0 unspecified atom stereocenters. The Morgan fingerprint density at radius 3 is 2.14 bits per heavy atom. The molecule has 4 aromatic carbocycles. The number of benzene rings is 4. The highest BCUT2D eigenvalue weighted by molar-refractivity contribution is 8.00. The molecule has 0 amide bonds. The predicted molar refractivity (Wildman–Crippen MR) is 172 cm³/mol. The molecule has 1 aliphatic heterocycles. The molecule has 4 aromatic rings. The number of hydrogen-bond donors (Lipinski definition) is 1. The van der Waals surface area contributed by atoms with Crippen LogP contribution in [-0.2, 0) is 9.59 Å². The molecule has 0 bridgehead atoms. The van der Waals surface area contributed by atoms with E-state index in [1.165, 1.54) is 11.8 Å². The lowest BCUT2D eigenvalue weighted by atomic mass is 9.68. The van der Waals surface area contributed by atoms with Gasteiger partial charge in [-0.2, -0.15) is 0 Å². The fraction of sp³-hybridized carbons (Fsp3) is 0.184. The van der Waals surface area contributed by atoms with E-state index < -0.39 is 11.2 Å². The van der Waals surface area contributed by atoms with Gasteiger partial charge in [-0.05, 0) is 47.2 Å². The second-order valence-corrected chi connectivity index (χ2v) is 13.4. The molecule has 5 nitrogen and oxygen atoms in total. The smallest absolute Gasteiger partial charge is 0.329 e. The Morgan fingerprint density at radius 2 is 1.43 bits per heavy atom. The van der Waals surface area contributed by atoms with Crippen LogP contribution in [0.5, 0.6) is 5.75 Å². The van der Waals surface area contributed by atoms with Gasteiger partial charge in [0.2, 0.25) is 0 Å². The van der Waals surface area contributed by atoms with Gasteiger partial charge < -0.3 is 10.1 Å². The maximum Gasteiger partial charge on any atom is 0.329 e. The second-order valence-electron chi connectivity index (χ2n) is 12.3. The van der Waals surface area contributed by atoms with E-state index in [4.69, 9.17) is 4.74 Å². The maximum atomic E-state index is 13.8. The van der Waals surface area contributed by atoms with Crippen LogP contribution in [0.4, 0.5) is 0 Å². The number of carbonyl (C=O) groups is 3. The van der Waals surface area contributed by atoms with E-state index >= 15 is 0 Å². The fourth-order valence-corrected chi connectivity index (χ4v) is 7.56. The predicted octanol–water partition coefficient (Wildman–Crippen LogP) is 8.06. The van der Waals surface area contributed by atoms with Crippen molar-refractivity contribution in [3.05, 3.63) is 148 Å². The minimum Gasteiger partial charge on any atom is -0.425 e. The van der Waals surface area contributed by atoms with Crippen LogP contribution < -0.4 is 10.1 Å². The number of ketones is 2. The molecule has 0 radical (unpaired) electrons. The fourth-order valence-electron chi connectivity index (χ4n) is 6.54. The largest absolute Gasteiger partial charge is 0.425 e. The summed E-state index contributed by atoms with van der Waals surface area (Å²) in [6, 6.07) is 34.3. The summed E-state index contributed by atoms with van der Waals surface area (Å²) in [7, 11) is 0. The van der Waals surface area contributed by atoms with E-state index in [0.29, 0.717) is 35.3 Å². The topological polar surface area (TPSA) is 72.5 Å². The summed E-state index contributed by atoms with van der Waals surface area (Å²) in [4.78, 5) is 42.0. The van der Waals surface area contributed by atoms with Crippen molar-refractivity contribution in [3.8, 4) is 5.75 Å². The van der Waals surface area contributed by atoms with Gasteiger partial charge >= 0.3 is 5.97 Å². The molecule has 1 heterocycles. The third kappa shape index (κ3) is 5.09. The molecular formula is C38H31NO4S. The standard InChI is InChI=1S/C38H31NO4S/c1-38(2)21-29-32(30(40)22-38)31(33-34(39-29)27-15-9-10-16-28(27)35(33)41)23-17-19-25(20-18-23)43-37(42)36(24-11-5-3-6-12-24)44-26-13-7-4-8-14-26/h3-20,31,36,39H,21-22H2,1-2H3/t31-,36-/m0/s1. The van der Waals surface area contributed by atoms with Crippen LogP contribution in [-0.4, -0.2) is 17.5 Å². The first kappa shape index (κ1) is 28.1. The monoisotopic (exact) mass is 597 g/mol. The maximum absolute atomic E-state index is 13.8. The number of carbonyl (C=O) groups excluding carboxylic acids is 3. The van der Waals surface area contributed by atoms with Crippen molar-refractivity contribution in [2.45, 2.75) is 42.8 Å². The Morgan fingerprint density at radius 1 is 0.795 bits per heavy atom. The Labute approximate surface area is 261 Å². The number of allylic oxidation sites excluding steroid dienone is 3. The van der Waals surface area contributed by atoms with Crippen LogP contribution in [0.25, 0.3) is 5.70 Å². The average molecular weight is 598 g/mol. The molecule has 2 atom stereocenters. The van der Waals surface area contributed by atoms with Gasteiger partial charge in [0, 0.05) is 45.2 Å². The van der Waals surface area contributed by atoms with Gasteiger partial charge in [-0.25, -0.2) is 0 Å². The number of esters is 1. The zero-order valence-corrected chi connectivity index (χ0v) is 25.3. The quantitative estimate of drug-likeness (QED) is 0.138. The summed E-state index contributed by atoms with van der Waals surface area (Å²) in [6.07, 6.45) is 1.14. The van der Waals surface area contributed by atoms with Gasteiger partial charge in [-0.1, -0.05) is 98.8 Å². The van der Waals surface area contributed by atoms with Crippen molar-refractivity contribution in [2.24, 2.45) is 5.41 Å². The van der Waals surface area contributed by atoms with Gasteiger partial charge in [-0.3, -0.25) is 14.4 Å². The van der Waals surface area contributed by atoms with E-state index in [1.54, 1.807) is 12.1 Å². The molecule has 6 heteroatoms. The first-order valence-electron chi connectivity index (χ1n) is 14.8. The van der Waals surface area contributed by atoms with Crippen LogP contribution in [0.2, 0.25) is 0 Å². The molecule has 2 aliphatic carbocycles. The molecule has 0 saturated carbocycles. The summed E-state index contributed by atoms with van der Waals surface area (Å²) >= 11 is 1.44. The number of Topliss-reactive ketones (excluding diaryl/α,β-unsaturated/α-hetero) is 2. The molecule has 0 spiro atoms. The summed E-state index contributed by atoms with van der Waals surface area (Å²) in [5, 5.41) is 2.97. The first-order valence-corrected chi connectivity index (χ1v) is 15.7. The van der Waals surface area contributed by atoms with E-state index in [0.717, 1.165) is 33.0 Å². The van der Waals surface area contributed by atoms with Crippen LogP contribution in [0, 0.1) is 5.41 Å². The summed E-state index contributed by atoms with van der Waals surface area (Å²) in [5.41, 5.74) is 5.96. The van der Waals surface area contributed by atoms with Crippen LogP contribution in [0.15, 0.2) is 131 Å². The minimum absolute atomic E-state index is 0.0585. The number of ether oxygens (including phenoxy) is 1. The molecular weight excluding hydrogens is 566 g/mol. The Kier molecular flexibility index (Phi) is 7.10. The summed E-state index contributed by atoms with van der Waals surface area (Å²) in [5.74, 6) is -0.469. The molecule has 3 aliphatic rings. The SMILES string of the molecule is CC1(C)CC(=O)C2=C(C1)NC1=C(C(=O)c3ccccc31)[C@H]2c1ccc(OC(=O)[C@@H](Sc2ccccc2)c2ccccc2)cc1. The highest BCUT2D eigenvalue weighted by Crippen LogP contribution is 2.51. The Balaban J connectivity index is 1.21. The molecule has 7 rings (SSSR count). The van der Waals surface area contributed by atoms with Crippen molar-refractivity contribution >= 4 is 35.0 Å². The zero-order valence-electron chi connectivity index (χ0n) is 24.5. The number of dihydropyridines is 1. The lowest BCUT2D eigenvalue weighted by Crippen LogP contribution is -2.37. The van der Waals surface area contributed by atoms with Gasteiger partial charge in [0.1, 0.15) is 11.0 Å². The highest BCUT2D eigenvalue weighted by atomic mass is 32.2. The van der Waals surface area contributed by atoms with E-state index in [2.05, 4.69) is 19.2 Å². The molecule has 0 aromatic heterocycles. The molecule has 0 fully saturated rings. The van der Waals surface area contributed by atoms with Crippen molar-refractivity contribution in [2.75, 3.05) is 0 Å². The van der Waals surface area contributed by atoms with Crippen molar-refractivity contribution in [1.82, 2.24) is 5.32 Å². The number of thioether (sulfide) groups is 1. The van der Waals surface area contributed by atoms with Crippen molar-refractivity contribution in [1.29, 1.82) is 0 Å². The van der Waals surface area contributed by atoms with Crippen molar-refractivity contribution < 1.29 is 19.1 Å². The molecule has 1 N–H and O–H groups in total. The van der Waals surface area contributed by atoms with E-state index in [9.17, 15) is 14.4 Å². The number of rotatable bonds is 6. The Hall–Kier alpha value is -4.68. The van der Waals surface area contributed by atoms with Gasteiger partial charge in [0.05, 0.1) is 5.70 Å². The third-order valence-corrected chi connectivity index (χ3v) is 9.72. The second kappa shape index (κ2) is 11.1. The summed E-state index contributed by atoms with van der Waals surface area (Å²) < 4.78 is 5.93. The van der Waals surface area contributed by atoms with Crippen molar-refractivity contribution in [3.63, 3.8) is 0 Å². The lowest BCUT2D eigenvalue weighted by molar-refractivity contribution is -0.133. The minimum atomic E-state index is -0.555. The van der Waals surface area contributed by atoms with Gasteiger partial charge in [0.25, 0.3) is 0 Å². The van der Waals surface area contributed by atoms with Crippen LogP contribution in [0.1, 0.15) is 64.9 Å². The normalized spacial score (nSPS) is 19.1. The summed E-state index contributed by atoms with van der Waals surface area (Å²) in [6.45, 7) is 4.20. The average Bonchev–Trinajstić information content (AvgIpc) is 3.31. The van der Waals surface area contributed by atoms with Gasteiger partial charge in [0.15, 0.2) is 11.6 Å². The van der Waals surface area contributed by atoms with Crippen LogP contribution >= 0.6 is 11.8 Å².